The van der Waals surface area contributed by atoms with E-state index in [0.717, 1.165) is 5.75 Å². The maximum absolute atomic E-state index is 8.48. The van der Waals surface area contributed by atoms with Crippen LogP contribution < -0.4 is 4.74 Å². The highest BCUT2D eigenvalue weighted by Crippen LogP contribution is 2.18. The van der Waals surface area contributed by atoms with Gasteiger partial charge in [0.2, 0.25) is 0 Å². The molecule has 0 bridgehead atoms. The van der Waals surface area contributed by atoms with Crippen molar-refractivity contribution in [2.45, 2.75) is 26.4 Å². The molecule has 0 aliphatic carbocycles. The standard InChI is InChI=1S/C12H14O2/c1-10-4-6-11(7-5-10)14-12(2,3)8-9-13/h4-7,13H,1-3H3. The van der Waals surface area contributed by atoms with Crippen LogP contribution >= 0.6 is 0 Å². The zero-order valence-electron chi connectivity index (χ0n) is 8.66. The SMILES string of the molecule is Cc1ccc(OC(C)(C)C#CO)cc1. The van der Waals surface area contributed by atoms with Gasteiger partial charge in [-0.1, -0.05) is 17.7 Å². The lowest BCUT2D eigenvalue weighted by Gasteiger charge is -2.19. The van der Waals surface area contributed by atoms with Gasteiger partial charge in [0.05, 0.1) is 0 Å². The average Bonchev–Trinajstić information content (AvgIpc) is 2.08. The summed E-state index contributed by atoms with van der Waals surface area (Å²) in [6.07, 6.45) is 1.86. The van der Waals surface area contributed by atoms with Crippen molar-refractivity contribution in [2.75, 3.05) is 0 Å². The minimum Gasteiger partial charge on any atom is -0.475 e. The molecule has 0 aromatic heterocycles. The first-order valence-electron chi connectivity index (χ1n) is 4.45. The van der Waals surface area contributed by atoms with E-state index in [1.165, 1.54) is 5.56 Å². The summed E-state index contributed by atoms with van der Waals surface area (Å²) in [5.74, 6) is 3.32. The molecule has 74 valence electrons. The van der Waals surface area contributed by atoms with E-state index in [0.29, 0.717) is 0 Å². The second kappa shape index (κ2) is 4.06. The zero-order chi connectivity index (χ0) is 10.6. The van der Waals surface area contributed by atoms with E-state index < -0.39 is 5.60 Å². The van der Waals surface area contributed by atoms with Crippen LogP contribution in [-0.2, 0) is 0 Å². The molecule has 14 heavy (non-hydrogen) atoms. The third kappa shape index (κ3) is 3.02. The number of aryl methyl sites for hydroxylation is 1. The van der Waals surface area contributed by atoms with E-state index in [1.807, 2.05) is 37.3 Å². The first kappa shape index (κ1) is 10.5. The summed E-state index contributed by atoms with van der Waals surface area (Å²) in [5.41, 5.74) is 0.521. The van der Waals surface area contributed by atoms with Gasteiger partial charge in [0.25, 0.3) is 0 Å². The fraction of sp³-hybridized carbons (Fsp3) is 0.333. The van der Waals surface area contributed by atoms with Crippen molar-refractivity contribution in [3.05, 3.63) is 29.8 Å². The zero-order valence-corrected chi connectivity index (χ0v) is 8.66. The van der Waals surface area contributed by atoms with E-state index in [1.54, 1.807) is 13.8 Å². The molecule has 1 aromatic carbocycles. The van der Waals surface area contributed by atoms with Gasteiger partial charge in [0.1, 0.15) is 11.9 Å². The average molecular weight is 190 g/mol. The molecule has 1 rings (SSSR count). The van der Waals surface area contributed by atoms with Crippen LogP contribution in [0.4, 0.5) is 0 Å². The van der Waals surface area contributed by atoms with Crippen molar-refractivity contribution in [2.24, 2.45) is 0 Å². The lowest BCUT2D eigenvalue weighted by atomic mass is 10.1. The Morgan fingerprint density at radius 1 is 1.21 bits per heavy atom. The van der Waals surface area contributed by atoms with Crippen LogP contribution in [0.15, 0.2) is 24.3 Å². The molecule has 0 unspecified atom stereocenters. The first-order valence-corrected chi connectivity index (χ1v) is 4.45. The molecule has 0 amide bonds. The van der Waals surface area contributed by atoms with Gasteiger partial charge >= 0.3 is 0 Å². The van der Waals surface area contributed by atoms with Crippen LogP contribution in [-0.4, -0.2) is 10.7 Å². The number of benzene rings is 1. The van der Waals surface area contributed by atoms with Gasteiger partial charge in [0, 0.05) is 0 Å². The molecule has 1 aromatic rings. The molecule has 2 nitrogen and oxygen atoms in total. The van der Waals surface area contributed by atoms with Crippen LogP contribution in [0.3, 0.4) is 0 Å². The third-order valence-corrected chi connectivity index (χ3v) is 1.75. The van der Waals surface area contributed by atoms with Crippen molar-refractivity contribution < 1.29 is 9.84 Å². The second-order valence-electron chi connectivity index (χ2n) is 3.66. The smallest absolute Gasteiger partial charge is 0.167 e. The lowest BCUT2D eigenvalue weighted by molar-refractivity contribution is 0.171. The topological polar surface area (TPSA) is 29.5 Å². The van der Waals surface area contributed by atoms with E-state index in [4.69, 9.17) is 9.84 Å². The Bertz CT molecular complexity index is 352. The van der Waals surface area contributed by atoms with Crippen LogP contribution in [0.2, 0.25) is 0 Å². The predicted octanol–water partition coefficient (Wildman–Crippen LogP) is 2.49. The highest BCUT2D eigenvalue weighted by molar-refractivity contribution is 5.28. The summed E-state index contributed by atoms with van der Waals surface area (Å²) >= 11 is 0. The first-order chi connectivity index (χ1) is 6.53. The van der Waals surface area contributed by atoms with E-state index >= 15 is 0 Å². The number of hydrogen-bond acceptors (Lipinski definition) is 2. The van der Waals surface area contributed by atoms with Gasteiger partial charge in [-0.15, -0.1) is 0 Å². The Morgan fingerprint density at radius 2 is 1.79 bits per heavy atom. The Hall–Kier alpha value is -1.62. The van der Waals surface area contributed by atoms with Crippen molar-refractivity contribution >= 4 is 0 Å². The molecule has 0 aliphatic heterocycles. The molecule has 0 fully saturated rings. The summed E-state index contributed by atoms with van der Waals surface area (Å²) in [5, 5.41) is 8.48. The predicted molar refractivity (Wildman–Crippen MR) is 55.6 cm³/mol. The quantitative estimate of drug-likeness (QED) is 0.726. The van der Waals surface area contributed by atoms with E-state index in [2.05, 4.69) is 5.92 Å². The summed E-state index contributed by atoms with van der Waals surface area (Å²) in [6, 6.07) is 7.71. The van der Waals surface area contributed by atoms with Crippen LogP contribution in [0.1, 0.15) is 19.4 Å². The number of rotatable bonds is 2. The normalized spacial score (nSPS) is 10.2. The molecule has 0 spiro atoms. The highest BCUT2D eigenvalue weighted by atomic mass is 16.5. The summed E-state index contributed by atoms with van der Waals surface area (Å²) in [4.78, 5) is 0. The van der Waals surface area contributed by atoms with Crippen molar-refractivity contribution in [1.29, 1.82) is 0 Å². The van der Waals surface area contributed by atoms with Crippen LogP contribution in [0.25, 0.3) is 0 Å². The van der Waals surface area contributed by atoms with Gasteiger partial charge in [-0.25, -0.2) is 0 Å². The molecular formula is C12H14O2. The Kier molecular flexibility index (Phi) is 3.03. The fourth-order valence-electron chi connectivity index (χ4n) is 1.06. The van der Waals surface area contributed by atoms with Gasteiger partial charge < -0.3 is 9.84 Å². The largest absolute Gasteiger partial charge is 0.475 e. The van der Waals surface area contributed by atoms with Gasteiger partial charge in [-0.2, -0.15) is 0 Å². The van der Waals surface area contributed by atoms with Crippen molar-refractivity contribution in [3.63, 3.8) is 0 Å². The minimum atomic E-state index is -0.663. The summed E-state index contributed by atoms with van der Waals surface area (Å²) in [7, 11) is 0. The summed E-state index contributed by atoms with van der Waals surface area (Å²) in [6.45, 7) is 5.62. The summed E-state index contributed by atoms with van der Waals surface area (Å²) < 4.78 is 5.56. The Morgan fingerprint density at radius 3 is 2.29 bits per heavy atom. The molecule has 0 atom stereocenters. The molecule has 2 heteroatoms. The number of aliphatic hydroxyl groups is 1. The molecule has 1 N–H and O–H groups in total. The lowest BCUT2D eigenvalue weighted by Crippen LogP contribution is -2.25. The second-order valence-corrected chi connectivity index (χ2v) is 3.66. The van der Waals surface area contributed by atoms with Crippen molar-refractivity contribution in [3.8, 4) is 17.8 Å². The number of hydrogen-bond donors (Lipinski definition) is 1. The van der Waals surface area contributed by atoms with E-state index in [-0.39, 0.29) is 0 Å². The molecule has 0 radical (unpaired) electrons. The number of ether oxygens (including phenoxy) is 1. The van der Waals surface area contributed by atoms with Crippen molar-refractivity contribution in [1.82, 2.24) is 0 Å². The van der Waals surface area contributed by atoms with E-state index in [9.17, 15) is 0 Å². The maximum Gasteiger partial charge on any atom is 0.167 e. The fourth-order valence-corrected chi connectivity index (χ4v) is 1.06. The molecule has 0 heterocycles. The number of aliphatic hydroxyl groups excluding tert-OH is 1. The monoisotopic (exact) mass is 190 g/mol. The van der Waals surface area contributed by atoms with Crippen LogP contribution in [0.5, 0.6) is 5.75 Å². The Labute approximate surface area is 84.5 Å². The van der Waals surface area contributed by atoms with Gasteiger partial charge in [-0.3, -0.25) is 0 Å². The molecule has 0 saturated heterocycles. The highest BCUT2D eigenvalue weighted by Gasteiger charge is 2.16. The maximum atomic E-state index is 8.48. The van der Waals surface area contributed by atoms with Crippen LogP contribution in [0, 0.1) is 19.0 Å². The molecular weight excluding hydrogens is 176 g/mol. The molecule has 0 saturated carbocycles. The third-order valence-electron chi connectivity index (χ3n) is 1.75. The van der Waals surface area contributed by atoms with Gasteiger partial charge in [0.15, 0.2) is 5.60 Å². The Balaban J connectivity index is 2.77. The minimum absolute atomic E-state index is 0.663. The van der Waals surface area contributed by atoms with Gasteiger partial charge in [-0.05, 0) is 38.8 Å². The molecule has 0 aliphatic rings.